The third kappa shape index (κ3) is 3.06. The van der Waals surface area contributed by atoms with E-state index in [2.05, 4.69) is 5.32 Å². The summed E-state index contributed by atoms with van der Waals surface area (Å²) in [6.07, 6.45) is 0.550. The quantitative estimate of drug-likeness (QED) is 0.872. The topological polar surface area (TPSA) is 67.8 Å². The molecule has 1 heterocycles. The second-order valence-electron chi connectivity index (χ2n) is 4.85. The first-order valence-corrected chi connectivity index (χ1v) is 6.76. The number of benzene rings is 1. The van der Waals surface area contributed by atoms with Gasteiger partial charge in [0.25, 0.3) is 0 Å². The van der Waals surface area contributed by atoms with E-state index in [-0.39, 0.29) is 12.0 Å². The van der Waals surface area contributed by atoms with Gasteiger partial charge >= 0.3 is 5.97 Å². The highest BCUT2D eigenvalue weighted by molar-refractivity contribution is 6.32. The van der Waals surface area contributed by atoms with Gasteiger partial charge in [0.05, 0.1) is 24.7 Å². The van der Waals surface area contributed by atoms with Crippen LogP contribution < -0.4 is 10.1 Å². The van der Waals surface area contributed by atoms with Crippen LogP contribution >= 0.6 is 11.6 Å². The average Bonchev–Trinajstić information content (AvgIpc) is 2.90. The third-order valence-corrected chi connectivity index (χ3v) is 3.86. The van der Waals surface area contributed by atoms with Crippen LogP contribution in [0, 0.1) is 5.92 Å². The van der Waals surface area contributed by atoms with Gasteiger partial charge in [-0.2, -0.15) is 0 Å². The molecule has 0 saturated carbocycles. The van der Waals surface area contributed by atoms with Crippen molar-refractivity contribution in [2.75, 3.05) is 20.8 Å². The van der Waals surface area contributed by atoms with Gasteiger partial charge in [-0.25, -0.2) is 0 Å². The molecule has 2 rings (SSSR count). The van der Waals surface area contributed by atoms with E-state index in [0.717, 1.165) is 11.1 Å². The number of carboxylic acids is 1. The predicted molar refractivity (Wildman–Crippen MR) is 75.2 cm³/mol. The minimum absolute atomic E-state index is 0.0235. The van der Waals surface area contributed by atoms with E-state index in [4.69, 9.17) is 26.2 Å². The van der Waals surface area contributed by atoms with Crippen LogP contribution in [0.15, 0.2) is 12.1 Å². The Morgan fingerprint density at radius 3 is 2.80 bits per heavy atom. The lowest BCUT2D eigenvalue weighted by Gasteiger charge is -2.18. The van der Waals surface area contributed by atoms with Crippen molar-refractivity contribution in [3.05, 3.63) is 28.3 Å². The highest BCUT2D eigenvalue weighted by Crippen LogP contribution is 2.35. The molecule has 0 aliphatic carbocycles. The normalized spacial score (nSPS) is 21.9. The van der Waals surface area contributed by atoms with Crippen LogP contribution in [0.4, 0.5) is 0 Å². The minimum atomic E-state index is -0.770. The van der Waals surface area contributed by atoms with Gasteiger partial charge < -0.3 is 19.9 Å². The summed E-state index contributed by atoms with van der Waals surface area (Å²) in [5.74, 6) is -0.542. The molecule has 1 aromatic carbocycles. The number of hydrogen-bond donors (Lipinski definition) is 2. The maximum absolute atomic E-state index is 11.0. The van der Waals surface area contributed by atoms with Crippen LogP contribution in [0.25, 0.3) is 0 Å². The van der Waals surface area contributed by atoms with Crippen molar-refractivity contribution in [3.63, 3.8) is 0 Å². The van der Waals surface area contributed by atoms with Gasteiger partial charge in [0.15, 0.2) is 0 Å². The Labute approximate surface area is 122 Å². The Hall–Kier alpha value is -1.30. The van der Waals surface area contributed by atoms with Gasteiger partial charge in [-0.05, 0) is 29.7 Å². The zero-order chi connectivity index (χ0) is 14.7. The second kappa shape index (κ2) is 6.43. The van der Waals surface area contributed by atoms with E-state index < -0.39 is 5.97 Å². The van der Waals surface area contributed by atoms with E-state index in [9.17, 15) is 4.79 Å². The van der Waals surface area contributed by atoms with Crippen molar-refractivity contribution in [2.24, 2.45) is 5.92 Å². The number of methoxy groups -OCH3 is 2. The molecule has 5 nitrogen and oxygen atoms in total. The van der Waals surface area contributed by atoms with Crippen molar-refractivity contribution in [3.8, 4) is 5.75 Å². The van der Waals surface area contributed by atoms with Crippen LogP contribution in [0.3, 0.4) is 0 Å². The maximum atomic E-state index is 11.0. The molecule has 0 amide bonds. The van der Waals surface area contributed by atoms with Gasteiger partial charge in [-0.3, -0.25) is 4.79 Å². The maximum Gasteiger partial charge on any atom is 0.307 e. The number of halogens is 1. The molecule has 1 saturated heterocycles. The molecule has 0 spiro atoms. The molecule has 0 bridgehead atoms. The molecule has 1 aromatic rings. The standard InChI is InChI=1S/C14H18ClNO4/c1-19-7-9-4-13(20-2)11(15)5-10(9)12-3-8(6-16-12)14(17)18/h4-5,8,12,16H,3,6-7H2,1-2H3,(H,17,18). The van der Waals surface area contributed by atoms with E-state index in [1.54, 1.807) is 14.2 Å². The summed E-state index contributed by atoms with van der Waals surface area (Å²) >= 11 is 6.17. The first-order valence-electron chi connectivity index (χ1n) is 6.38. The minimum Gasteiger partial charge on any atom is -0.495 e. The van der Waals surface area contributed by atoms with Crippen molar-refractivity contribution in [2.45, 2.75) is 19.1 Å². The Kier molecular flexibility index (Phi) is 4.86. The molecule has 2 atom stereocenters. The Balaban J connectivity index is 2.30. The number of hydrogen-bond acceptors (Lipinski definition) is 4. The number of ether oxygens (including phenoxy) is 2. The van der Waals surface area contributed by atoms with Crippen LogP contribution in [0.5, 0.6) is 5.75 Å². The molecule has 0 radical (unpaired) electrons. The molecular weight excluding hydrogens is 282 g/mol. The fraction of sp³-hybridized carbons (Fsp3) is 0.500. The summed E-state index contributed by atoms with van der Waals surface area (Å²) in [5.41, 5.74) is 1.93. The van der Waals surface area contributed by atoms with E-state index in [1.807, 2.05) is 12.1 Å². The first-order chi connectivity index (χ1) is 9.56. The fourth-order valence-electron chi connectivity index (χ4n) is 2.53. The first kappa shape index (κ1) is 15.1. The van der Waals surface area contributed by atoms with E-state index >= 15 is 0 Å². The molecule has 6 heteroatoms. The molecule has 20 heavy (non-hydrogen) atoms. The van der Waals surface area contributed by atoms with Gasteiger partial charge in [-0.1, -0.05) is 11.6 Å². The number of carbonyl (C=O) groups is 1. The van der Waals surface area contributed by atoms with Crippen molar-refractivity contribution in [1.29, 1.82) is 0 Å². The number of nitrogens with one attached hydrogen (secondary N) is 1. The lowest BCUT2D eigenvalue weighted by molar-refractivity contribution is -0.141. The Bertz CT molecular complexity index is 506. The molecule has 1 aliphatic heterocycles. The summed E-state index contributed by atoms with van der Waals surface area (Å²) in [7, 11) is 3.18. The Morgan fingerprint density at radius 1 is 1.50 bits per heavy atom. The molecule has 2 unspecified atom stereocenters. The molecule has 110 valence electrons. The van der Waals surface area contributed by atoms with Crippen LogP contribution in [-0.2, 0) is 16.1 Å². The van der Waals surface area contributed by atoms with Gasteiger partial charge in [0.1, 0.15) is 5.75 Å². The lowest BCUT2D eigenvalue weighted by atomic mass is 9.96. The summed E-state index contributed by atoms with van der Waals surface area (Å²) in [6, 6.07) is 3.65. The average molecular weight is 300 g/mol. The van der Waals surface area contributed by atoms with Gasteiger partial charge in [-0.15, -0.1) is 0 Å². The second-order valence-corrected chi connectivity index (χ2v) is 5.26. The lowest BCUT2D eigenvalue weighted by Crippen LogP contribution is -2.18. The zero-order valence-corrected chi connectivity index (χ0v) is 12.2. The van der Waals surface area contributed by atoms with E-state index in [1.165, 1.54) is 0 Å². The SMILES string of the molecule is COCc1cc(OC)c(Cl)cc1C1CC(C(=O)O)CN1. The highest BCUT2D eigenvalue weighted by Gasteiger charge is 2.31. The predicted octanol–water partition coefficient (Wildman–Crippen LogP) is 2.23. The summed E-state index contributed by atoms with van der Waals surface area (Å²) in [5, 5.41) is 12.8. The largest absolute Gasteiger partial charge is 0.495 e. The van der Waals surface area contributed by atoms with Crippen molar-refractivity contribution in [1.82, 2.24) is 5.32 Å². The third-order valence-electron chi connectivity index (χ3n) is 3.57. The van der Waals surface area contributed by atoms with Gasteiger partial charge in [0, 0.05) is 19.7 Å². The smallest absolute Gasteiger partial charge is 0.307 e. The van der Waals surface area contributed by atoms with E-state index in [0.29, 0.717) is 30.3 Å². The van der Waals surface area contributed by atoms with Gasteiger partial charge in [0.2, 0.25) is 0 Å². The van der Waals surface area contributed by atoms with Crippen molar-refractivity contribution >= 4 is 17.6 Å². The number of rotatable bonds is 5. The molecular formula is C14H18ClNO4. The summed E-state index contributed by atoms with van der Waals surface area (Å²) < 4.78 is 10.4. The Morgan fingerprint density at radius 2 is 2.25 bits per heavy atom. The fourth-order valence-corrected chi connectivity index (χ4v) is 2.78. The summed E-state index contributed by atoms with van der Waals surface area (Å²) in [4.78, 5) is 11.0. The molecule has 1 aliphatic rings. The monoisotopic (exact) mass is 299 g/mol. The van der Waals surface area contributed by atoms with Crippen LogP contribution in [-0.4, -0.2) is 31.8 Å². The molecule has 2 N–H and O–H groups in total. The molecule has 0 aromatic heterocycles. The summed E-state index contributed by atoms with van der Waals surface area (Å²) in [6.45, 7) is 0.898. The number of aliphatic carboxylic acids is 1. The highest BCUT2D eigenvalue weighted by atomic mass is 35.5. The molecule has 1 fully saturated rings. The van der Waals surface area contributed by atoms with Crippen LogP contribution in [0.1, 0.15) is 23.6 Å². The zero-order valence-electron chi connectivity index (χ0n) is 11.5. The number of carboxylic acid groups (broad SMARTS) is 1. The van der Waals surface area contributed by atoms with Crippen molar-refractivity contribution < 1.29 is 19.4 Å². The van der Waals surface area contributed by atoms with Crippen LogP contribution in [0.2, 0.25) is 5.02 Å².